The van der Waals surface area contributed by atoms with Gasteiger partial charge in [-0.2, -0.15) is 0 Å². The Labute approximate surface area is 204 Å². The molecular weight excluding hydrogens is 395 g/mol. The van der Waals surface area contributed by atoms with E-state index in [1.54, 1.807) is 0 Å². The van der Waals surface area contributed by atoms with Crippen LogP contribution in [-0.2, 0) is 10.1 Å². The number of hydrogen-bond donors (Lipinski definition) is 1. The van der Waals surface area contributed by atoms with Gasteiger partial charge in [0.1, 0.15) is 10.1 Å². The quantitative estimate of drug-likeness (QED) is 0.167. The van der Waals surface area contributed by atoms with E-state index in [2.05, 4.69) is 13.8 Å². The second-order valence-electron chi connectivity index (χ2n) is 8.48. The van der Waals surface area contributed by atoms with Crippen molar-refractivity contribution in [2.75, 3.05) is 0 Å². The zero-order valence-electron chi connectivity index (χ0n) is 19.7. The van der Waals surface area contributed by atoms with E-state index in [4.69, 9.17) is 0 Å². The van der Waals surface area contributed by atoms with Crippen molar-refractivity contribution in [3.8, 4) is 0 Å². The van der Waals surface area contributed by atoms with Crippen molar-refractivity contribution >= 4 is 10.1 Å². The molecule has 0 bridgehead atoms. The maximum Gasteiger partial charge on any atom is 1.00 e. The Hall–Kier alpha value is 0.870. The molecule has 0 spiro atoms. The molecule has 0 aromatic rings. The molecule has 4 nitrogen and oxygen atoms in total. The van der Waals surface area contributed by atoms with Crippen LogP contribution in [0.5, 0.6) is 0 Å². The molecule has 0 fully saturated rings. The van der Waals surface area contributed by atoms with Gasteiger partial charge in [0.25, 0.3) is 0 Å². The summed E-state index contributed by atoms with van der Waals surface area (Å²) < 4.78 is 34.6. The number of aliphatic hydroxyl groups is 1. The van der Waals surface area contributed by atoms with E-state index < -0.39 is 21.5 Å². The number of unbranched alkanes of at least 4 members (excludes halogenated alkanes) is 15. The van der Waals surface area contributed by atoms with Gasteiger partial charge >= 0.3 is 29.6 Å². The Bertz CT molecular complexity index is 429. The first kappa shape index (κ1) is 32.1. The minimum Gasteiger partial charge on any atom is -0.748 e. The average Bonchev–Trinajstić information content (AvgIpc) is 2.64. The molecule has 0 heterocycles. The molecule has 0 saturated carbocycles. The molecule has 2 unspecified atom stereocenters. The predicted octanol–water partition coefficient (Wildman–Crippen LogP) is 3.72. The third kappa shape index (κ3) is 20.5. The van der Waals surface area contributed by atoms with E-state index in [0.717, 1.165) is 32.1 Å². The van der Waals surface area contributed by atoms with Crippen LogP contribution in [0.15, 0.2) is 0 Å². The molecule has 6 heteroatoms. The van der Waals surface area contributed by atoms with Crippen LogP contribution in [0.4, 0.5) is 0 Å². The number of rotatable bonds is 21. The summed E-state index contributed by atoms with van der Waals surface area (Å²) in [5.74, 6) is 0. The third-order valence-electron chi connectivity index (χ3n) is 5.75. The topological polar surface area (TPSA) is 77.4 Å². The maximum absolute atomic E-state index is 11.5. The summed E-state index contributed by atoms with van der Waals surface area (Å²) in [6, 6.07) is 0. The second kappa shape index (κ2) is 22.1. The second-order valence-corrected chi connectivity index (χ2v) is 10.1. The first-order chi connectivity index (χ1) is 13.4. The van der Waals surface area contributed by atoms with E-state index in [0.29, 0.717) is 19.3 Å². The van der Waals surface area contributed by atoms with Crippen molar-refractivity contribution in [3.63, 3.8) is 0 Å². The van der Waals surface area contributed by atoms with E-state index in [1.165, 1.54) is 70.6 Å². The van der Waals surface area contributed by atoms with Crippen molar-refractivity contribution in [1.82, 2.24) is 0 Å². The molecule has 1 N–H and O–H groups in total. The first-order valence-corrected chi connectivity index (χ1v) is 13.5. The van der Waals surface area contributed by atoms with E-state index in [1.807, 2.05) is 0 Å². The minimum atomic E-state index is -4.43. The number of aliphatic hydroxyl groups excluding tert-OH is 1. The van der Waals surface area contributed by atoms with Gasteiger partial charge in [0.05, 0.1) is 11.4 Å². The molecule has 0 aliphatic heterocycles. The van der Waals surface area contributed by atoms with E-state index >= 15 is 0 Å². The molecule has 29 heavy (non-hydrogen) atoms. The summed E-state index contributed by atoms with van der Waals surface area (Å²) >= 11 is 0. The average molecular weight is 443 g/mol. The largest absolute Gasteiger partial charge is 1.00 e. The normalized spacial score (nSPS) is 13.8. The first-order valence-electron chi connectivity index (χ1n) is 12.1. The molecular formula is C23H47NaO4S. The Morgan fingerprint density at radius 3 is 1.28 bits per heavy atom. The fourth-order valence-electron chi connectivity index (χ4n) is 3.86. The van der Waals surface area contributed by atoms with Crippen molar-refractivity contribution in [3.05, 3.63) is 0 Å². The van der Waals surface area contributed by atoms with Gasteiger partial charge in [0, 0.05) is 0 Å². The molecule has 0 aliphatic rings. The Morgan fingerprint density at radius 1 is 0.621 bits per heavy atom. The minimum absolute atomic E-state index is 0. The van der Waals surface area contributed by atoms with Crippen molar-refractivity contribution in [1.29, 1.82) is 0 Å². The number of hydrogen-bond acceptors (Lipinski definition) is 4. The Morgan fingerprint density at radius 2 is 0.931 bits per heavy atom. The van der Waals surface area contributed by atoms with Gasteiger partial charge in [0.2, 0.25) is 0 Å². The molecule has 0 aliphatic carbocycles. The summed E-state index contributed by atoms with van der Waals surface area (Å²) in [6.45, 7) is 4.41. The van der Waals surface area contributed by atoms with Gasteiger partial charge in [-0.3, -0.25) is 0 Å². The van der Waals surface area contributed by atoms with Crippen molar-refractivity contribution in [2.24, 2.45) is 0 Å². The summed E-state index contributed by atoms with van der Waals surface area (Å²) in [5.41, 5.74) is 0. The van der Waals surface area contributed by atoms with Crippen LogP contribution >= 0.6 is 0 Å². The van der Waals surface area contributed by atoms with E-state index in [-0.39, 0.29) is 29.6 Å². The van der Waals surface area contributed by atoms with Gasteiger partial charge in [-0.25, -0.2) is 8.42 Å². The predicted molar refractivity (Wildman–Crippen MR) is 119 cm³/mol. The zero-order valence-corrected chi connectivity index (χ0v) is 22.5. The van der Waals surface area contributed by atoms with Crippen LogP contribution in [0, 0.1) is 0 Å². The molecule has 170 valence electrons. The fourth-order valence-corrected chi connectivity index (χ4v) is 4.83. The van der Waals surface area contributed by atoms with Gasteiger partial charge in [-0.05, 0) is 12.8 Å². The SMILES string of the molecule is CCCCCCCCCCCCC(O)C(CCCCCCCCC)S(=O)(=O)[O-].[Na+]. The Balaban J connectivity index is 0. The standard InChI is InChI=1S/C23H48O4S.Na/c1-3-5-7-9-11-12-13-15-16-18-20-22(24)23(28(25,26)27)21-19-17-14-10-8-6-4-2;/h22-24H,3-21H2,1-2H3,(H,25,26,27);/q;+1/p-1. The van der Waals surface area contributed by atoms with Gasteiger partial charge in [-0.1, -0.05) is 123 Å². The summed E-state index contributed by atoms with van der Waals surface area (Å²) in [4.78, 5) is 0. The molecule has 0 rings (SSSR count). The van der Waals surface area contributed by atoms with Crippen LogP contribution in [0.1, 0.15) is 136 Å². The van der Waals surface area contributed by atoms with Crippen LogP contribution in [0.3, 0.4) is 0 Å². The van der Waals surface area contributed by atoms with Crippen molar-refractivity contribution < 1.29 is 47.6 Å². The maximum atomic E-state index is 11.5. The monoisotopic (exact) mass is 442 g/mol. The fraction of sp³-hybridized carbons (Fsp3) is 1.00. The van der Waals surface area contributed by atoms with Crippen molar-refractivity contribution in [2.45, 2.75) is 147 Å². The molecule has 0 radical (unpaired) electrons. The third-order valence-corrected chi connectivity index (χ3v) is 7.04. The smallest absolute Gasteiger partial charge is 0.748 e. The van der Waals surface area contributed by atoms with Gasteiger partial charge < -0.3 is 9.66 Å². The zero-order chi connectivity index (χ0) is 21.1. The van der Waals surface area contributed by atoms with Crippen LogP contribution in [0.25, 0.3) is 0 Å². The van der Waals surface area contributed by atoms with Gasteiger partial charge in [-0.15, -0.1) is 0 Å². The summed E-state index contributed by atoms with van der Waals surface area (Å²) in [7, 11) is -4.43. The van der Waals surface area contributed by atoms with Crippen LogP contribution in [0.2, 0.25) is 0 Å². The molecule has 2 atom stereocenters. The molecule has 0 aromatic carbocycles. The molecule has 0 aromatic heterocycles. The molecule has 0 amide bonds. The van der Waals surface area contributed by atoms with E-state index in [9.17, 15) is 18.1 Å². The van der Waals surface area contributed by atoms with Crippen LogP contribution < -0.4 is 29.6 Å². The summed E-state index contributed by atoms with van der Waals surface area (Å²) in [6.07, 6.45) is 19.3. The Kier molecular flexibility index (Phi) is 24.4. The summed E-state index contributed by atoms with van der Waals surface area (Å²) in [5, 5.41) is 9.14. The van der Waals surface area contributed by atoms with Gasteiger partial charge in [0.15, 0.2) is 0 Å². The molecule has 0 saturated heterocycles. The van der Waals surface area contributed by atoms with Crippen LogP contribution in [-0.4, -0.2) is 29.4 Å².